The summed E-state index contributed by atoms with van der Waals surface area (Å²) in [6.45, 7) is 1.99. The van der Waals surface area contributed by atoms with Crippen LogP contribution < -0.4 is 5.32 Å². The number of fused-ring (bicyclic) bond motifs is 1. The van der Waals surface area contributed by atoms with Crippen molar-refractivity contribution in [3.8, 4) is 0 Å². The first kappa shape index (κ1) is 13.0. The van der Waals surface area contributed by atoms with Crippen LogP contribution >= 0.6 is 11.3 Å². The van der Waals surface area contributed by atoms with Crippen LogP contribution in [0, 0.1) is 6.92 Å². The van der Waals surface area contributed by atoms with Crippen molar-refractivity contribution in [1.82, 2.24) is 19.8 Å². The van der Waals surface area contributed by atoms with Crippen LogP contribution in [-0.2, 0) is 0 Å². The van der Waals surface area contributed by atoms with Crippen LogP contribution in [0.15, 0.2) is 29.6 Å². The molecule has 0 amide bonds. The molecule has 0 saturated carbocycles. The van der Waals surface area contributed by atoms with Gasteiger partial charge in [-0.2, -0.15) is 4.52 Å². The van der Waals surface area contributed by atoms with Crippen molar-refractivity contribution in [2.45, 2.75) is 19.4 Å². The van der Waals surface area contributed by atoms with Gasteiger partial charge in [-0.1, -0.05) is 6.07 Å². The molecule has 0 aliphatic rings. The van der Waals surface area contributed by atoms with Gasteiger partial charge in [0.25, 0.3) is 0 Å². The highest BCUT2D eigenvalue weighted by atomic mass is 32.1. The van der Waals surface area contributed by atoms with Gasteiger partial charge in [-0.05, 0) is 36.9 Å². The number of aliphatic hydroxyl groups is 1. The van der Waals surface area contributed by atoms with E-state index in [1.54, 1.807) is 15.9 Å². The number of aromatic nitrogens is 4. The number of hydrogen-bond acceptors (Lipinski definition) is 6. The minimum Gasteiger partial charge on any atom is -0.396 e. The van der Waals surface area contributed by atoms with Crippen LogP contribution in [0.4, 0.5) is 5.82 Å². The summed E-state index contributed by atoms with van der Waals surface area (Å²) >= 11 is 1.67. The van der Waals surface area contributed by atoms with Gasteiger partial charge in [-0.15, -0.1) is 26.6 Å². The maximum absolute atomic E-state index is 9.22. The van der Waals surface area contributed by atoms with Gasteiger partial charge < -0.3 is 10.4 Å². The molecule has 0 saturated heterocycles. The highest BCUT2D eigenvalue weighted by Gasteiger charge is 2.13. The predicted octanol–water partition coefficient (Wildman–Crippen LogP) is 2.03. The first-order chi connectivity index (χ1) is 9.78. The second-order valence-corrected chi connectivity index (χ2v) is 5.44. The maximum atomic E-state index is 9.22. The number of aryl methyl sites for hydroxylation is 1. The molecule has 0 radical (unpaired) electrons. The Kier molecular flexibility index (Phi) is 3.62. The molecule has 0 bridgehead atoms. The zero-order valence-electron chi connectivity index (χ0n) is 11.0. The van der Waals surface area contributed by atoms with Gasteiger partial charge in [0.15, 0.2) is 11.5 Å². The monoisotopic (exact) mass is 289 g/mol. The van der Waals surface area contributed by atoms with E-state index in [0.717, 1.165) is 17.3 Å². The molecule has 0 spiro atoms. The van der Waals surface area contributed by atoms with Crippen molar-refractivity contribution in [3.63, 3.8) is 0 Å². The molecule has 0 aromatic carbocycles. The summed E-state index contributed by atoms with van der Waals surface area (Å²) in [6.07, 6.45) is 0.640. The summed E-state index contributed by atoms with van der Waals surface area (Å²) in [6, 6.07) is 7.87. The molecule has 1 atom stereocenters. The fraction of sp³-hybridized carbons (Fsp3) is 0.308. The van der Waals surface area contributed by atoms with E-state index in [0.29, 0.717) is 6.42 Å². The number of aliphatic hydroxyl groups excluding tert-OH is 1. The number of rotatable bonds is 5. The van der Waals surface area contributed by atoms with Crippen molar-refractivity contribution in [1.29, 1.82) is 0 Å². The van der Waals surface area contributed by atoms with Gasteiger partial charge in [-0.3, -0.25) is 0 Å². The number of thiophene rings is 1. The van der Waals surface area contributed by atoms with Crippen LogP contribution in [0.25, 0.3) is 5.65 Å². The van der Waals surface area contributed by atoms with Crippen molar-refractivity contribution in [3.05, 3.63) is 40.3 Å². The van der Waals surface area contributed by atoms with E-state index in [1.807, 2.05) is 30.5 Å². The molecule has 7 heteroatoms. The smallest absolute Gasteiger partial charge is 0.178 e. The molecule has 20 heavy (non-hydrogen) atoms. The van der Waals surface area contributed by atoms with Crippen LogP contribution in [0.3, 0.4) is 0 Å². The Bertz CT molecular complexity index is 694. The van der Waals surface area contributed by atoms with Gasteiger partial charge in [0, 0.05) is 11.5 Å². The SMILES string of the molecule is Cc1nnc2ccc(N[C@@H](CCO)c3cccs3)nn12. The van der Waals surface area contributed by atoms with Gasteiger partial charge in [0.1, 0.15) is 5.82 Å². The molecule has 0 aliphatic heterocycles. The Labute approximate surface area is 120 Å². The first-order valence-electron chi connectivity index (χ1n) is 6.38. The fourth-order valence-electron chi connectivity index (χ4n) is 2.06. The molecular weight excluding hydrogens is 274 g/mol. The lowest BCUT2D eigenvalue weighted by atomic mass is 10.2. The molecule has 3 aromatic rings. The van der Waals surface area contributed by atoms with E-state index in [9.17, 15) is 5.11 Å². The predicted molar refractivity (Wildman–Crippen MR) is 77.9 cm³/mol. The van der Waals surface area contributed by atoms with E-state index >= 15 is 0 Å². The van der Waals surface area contributed by atoms with E-state index < -0.39 is 0 Å². The Morgan fingerprint density at radius 3 is 3.00 bits per heavy atom. The van der Waals surface area contributed by atoms with E-state index in [-0.39, 0.29) is 12.6 Å². The van der Waals surface area contributed by atoms with Crippen molar-refractivity contribution < 1.29 is 5.11 Å². The quantitative estimate of drug-likeness (QED) is 0.751. The molecule has 0 fully saturated rings. The minimum absolute atomic E-state index is 0.0572. The third-order valence-electron chi connectivity index (χ3n) is 3.05. The average Bonchev–Trinajstić information content (AvgIpc) is 3.09. The molecule has 3 aromatic heterocycles. The lowest BCUT2D eigenvalue weighted by molar-refractivity contribution is 0.280. The summed E-state index contributed by atoms with van der Waals surface area (Å²) in [5.74, 6) is 1.49. The summed E-state index contributed by atoms with van der Waals surface area (Å²) < 4.78 is 1.70. The van der Waals surface area contributed by atoms with Gasteiger partial charge in [0.2, 0.25) is 0 Å². The summed E-state index contributed by atoms with van der Waals surface area (Å²) in [4.78, 5) is 1.18. The van der Waals surface area contributed by atoms with Crippen molar-refractivity contribution >= 4 is 22.8 Å². The highest BCUT2D eigenvalue weighted by molar-refractivity contribution is 7.10. The van der Waals surface area contributed by atoms with Crippen molar-refractivity contribution in [2.75, 3.05) is 11.9 Å². The Morgan fingerprint density at radius 1 is 1.35 bits per heavy atom. The number of anilines is 1. The standard InChI is InChI=1S/C13H15N5OS/c1-9-15-16-13-5-4-12(17-18(9)13)14-10(6-7-19)11-3-2-8-20-11/h2-5,8,10,19H,6-7H2,1H3,(H,14,17)/t10-/m0/s1. The van der Waals surface area contributed by atoms with Gasteiger partial charge in [0.05, 0.1) is 6.04 Å². The third kappa shape index (κ3) is 2.50. The van der Waals surface area contributed by atoms with Crippen molar-refractivity contribution in [2.24, 2.45) is 0 Å². The molecule has 0 aliphatic carbocycles. The molecule has 3 heterocycles. The summed E-state index contributed by atoms with van der Waals surface area (Å²) in [7, 11) is 0. The highest BCUT2D eigenvalue weighted by Crippen LogP contribution is 2.25. The van der Waals surface area contributed by atoms with E-state index in [1.165, 1.54) is 4.88 Å². The second-order valence-electron chi connectivity index (χ2n) is 4.46. The Morgan fingerprint density at radius 2 is 2.25 bits per heavy atom. The first-order valence-corrected chi connectivity index (χ1v) is 7.26. The number of nitrogens with zero attached hydrogens (tertiary/aromatic N) is 4. The zero-order valence-corrected chi connectivity index (χ0v) is 11.8. The lowest BCUT2D eigenvalue weighted by Gasteiger charge is -2.16. The molecule has 2 N–H and O–H groups in total. The molecule has 0 unspecified atom stereocenters. The Balaban J connectivity index is 1.88. The largest absolute Gasteiger partial charge is 0.396 e. The fourth-order valence-corrected chi connectivity index (χ4v) is 2.87. The number of nitrogens with one attached hydrogen (secondary N) is 1. The molecule has 6 nitrogen and oxygen atoms in total. The molecular formula is C13H15N5OS. The lowest BCUT2D eigenvalue weighted by Crippen LogP contribution is -2.13. The minimum atomic E-state index is 0.0572. The molecule has 3 rings (SSSR count). The van der Waals surface area contributed by atoms with Crippen LogP contribution in [0.2, 0.25) is 0 Å². The molecule has 104 valence electrons. The van der Waals surface area contributed by atoms with Gasteiger partial charge >= 0.3 is 0 Å². The third-order valence-corrected chi connectivity index (χ3v) is 4.03. The van der Waals surface area contributed by atoms with Crippen LogP contribution in [-0.4, -0.2) is 31.5 Å². The Hall–Kier alpha value is -1.99. The number of hydrogen-bond donors (Lipinski definition) is 2. The summed E-state index contributed by atoms with van der Waals surface area (Å²) in [5, 5.41) is 27.1. The maximum Gasteiger partial charge on any atom is 0.178 e. The van der Waals surface area contributed by atoms with Gasteiger partial charge in [-0.25, -0.2) is 0 Å². The van der Waals surface area contributed by atoms with E-state index in [2.05, 4.69) is 26.7 Å². The second kappa shape index (κ2) is 5.56. The zero-order chi connectivity index (χ0) is 13.9. The van der Waals surface area contributed by atoms with Crippen LogP contribution in [0.5, 0.6) is 0 Å². The van der Waals surface area contributed by atoms with E-state index in [4.69, 9.17) is 0 Å². The van der Waals surface area contributed by atoms with Crippen LogP contribution in [0.1, 0.15) is 23.2 Å². The normalized spacial score (nSPS) is 12.7. The topological polar surface area (TPSA) is 75.3 Å². The summed E-state index contributed by atoms with van der Waals surface area (Å²) in [5.41, 5.74) is 0.725. The average molecular weight is 289 g/mol.